The van der Waals surface area contributed by atoms with Gasteiger partial charge in [-0.3, -0.25) is 0 Å². The summed E-state index contributed by atoms with van der Waals surface area (Å²) < 4.78 is 0. The van der Waals surface area contributed by atoms with Gasteiger partial charge in [0.15, 0.2) is 0 Å². The van der Waals surface area contributed by atoms with Crippen molar-refractivity contribution < 1.29 is 0 Å². The molecule has 1 unspecified atom stereocenters. The second-order valence-electron chi connectivity index (χ2n) is 6.18. The maximum Gasteiger partial charge on any atom is 0.0110 e. The van der Waals surface area contributed by atoms with Crippen molar-refractivity contribution >= 4 is 0 Å². The van der Waals surface area contributed by atoms with Crippen LogP contribution in [0.15, 0.2) is 0 Å². The van der Waals surface area contributed by atoms with Crippen LogP contribution < -0.4 is 5.32 Å². The average molecular weight is 239 g/mol. The lowest BCUT2D eigenvalue weighted by atomic mass is 10.0. The second kappa shape index (κ2) is 6.72. The Balaban J connectivity index is 1.58. The highest BCUT2D eigenvalue weighted by Gasteiger charge is 2.19. The van der Waals surface area contributed by atoms with Crippen LogP contribution in [0.3, 0.4) is 0 Å². The smallest absolute Gasteiger partial charge is 0.0110 e. The molecule has 2 rings (SSSR count). The predicted octanol–water partition coefficient (Wildman–Crippen LogP) is 1.26. The van der Waals surface area contributed by atoms with Gasteiger partial charge in [-0.1, -0.05) is 13.8 Å². The van der Waals surface area contributed by atoms with Gasteiger partial charge in [-0.25, -0.2) is 0 Å². The third kappa shape index (κ3) is 4.57. The molecule has 0 saturated carbocycles. The fourth-order valence-corrected chi connectivity index (χ4v) is 3.04. The average Bonchev–Trinajstić information content (AvgIpc) is 2.80. The van der Waals surface area contributed by atoms with E-state index in [-0.39, 0.29) is 0 Å². The van der Waals surface area contributed by atoms with E-state index in [9.17, 15) is 0 Å². The standard InChI is InChI=1S/C14H29N3/c1-13(2)12-17-9-7-16(8-10-17)6-4-14-3-5-15-11-14/h13-15H,3-12H2,1-2H3. The highest BCUT2D eigenvalue weighted by atomic mass is 15.3. The van der Waals surface area contributed by atoms with Crippen molar-refractivity contribution in [3.63, 3.8) is 0 Å². The van der Waals surface area contributed by atoms with Crippen LogP contribution in [0.4, 0.5) is 0 Å². The molecule has 17 heavy (non-hydrogen) atoms. The lowest BCUT2D eigenvalue weighted by Gasteiger charge is -2.35. The van der Waals surface area contributed by atoms with Crippen LogP contribution in [-0.4, -0.2) is 62.2 Å². The molecule has 100 valence electrons. The largest absolute Gasteiger partial charge is 0.316 e. The van der Waals surface area contributed by atoms with E-state index in [1.54, 1.807) is 0 Å². The van der Waals surface area contributed by atoms with Crippen molar-refractivity contribution in [2.75, 3.05) is 52.4 Å². The molecule has 0 aromatic heterocycles. The molecule has 1 N–H and O–H groups in total. The Morgan fingerprint density at radius 3 is 2.41 bits per heavy atom. The first-order valence-electron chi connectivity index (χ1n) is 7.39. The van der Waals surface area contributed by atoms with Crippen molar-refractivity contribution in [1.82, 2.24) is 15.1 Å². The minimum atomic E-state index is 0.811. The first-order chi connectivity index (χ1) is 8.24. The Bertz CT molecular complexity index is 204. The first kappa shape index (κ1) is 13.3. The summed E-state index contributed by atoms with van der Waals surface area (Å²) in [7, 11) is 0. The maximum absolute atomic E-state index is 3.46. The van der Waals surface area contributed by atoms with E-state index < -0.39 is 0 Å². The number of nitrogens with one attached hydrogen (secondary N) is 1. The predicted molar refractivity (Wildman–Crippen MR) is 73.3 cm³/mol. The molecule has 0 aromatic rings. The molecule has 0 spiro atoms. The zero-order valence-corrected chi connectivity index (χ0v) is 11.6. The van der Waals surface area contributed by atoms with Crippen molar-refractivity contribution in [2.24, 2.45) is 11.8 Å². The molecular weight excluding hydrogens is 210 g/mol. The lowest BCUT2D eigenvalue weighted by Crippen LogP contribution is -2.47. The fourth-order valence-electron chi connectivity index (χ4n) is 3.04. The summed E-state index contributed by atoms with van der Waals surface area (Å²) in [5.41, 5.74) is 0. The van der Waals surface area contributed by atoms with Crippen molar-refractivity contribution in [3.05, 3.63) is 0 Å². The van der Waals surface area contributed by atoms with Gasteiger partial charge in [-0.2, -0.15) is 0 Å². The van der Waals surface area contributed by atoms with Gasteiger partial charge in [-0.05, 0) is 44.3 Å². The molecule has 2 aliphatic rings. The van der Waals surface area contributed by atoms with Crippen LogP contribution in [-0.2, 0) is 0 Å². The van der Waals surface area contributed by atoms with Gasteiger partial charge in [0.1, 0.15) is 0 Å². The van der Waals surface area contributed by atoms with Crippen LogP contribution in [0, 0.1) is 11.8 Å². The normalized spacial score (nSPS) is 28.1. The molecular formula is C14H29N3. The molecule has 0 aliphatic carbocycles. The zero-order valence-electron chi connectivity index (χ0n) is 11.6. The van der Waals surface area contributed by atoms with Gasteiger partial charge < -0.3 is 15.1 Å². The van der Waals surface area contributed by atoms with Crippen molar-refractivity contribution in [1.29, 1.82) is 0 Å². The summed E-state index contributed by atoms with van der Waals surface area (Å²) in [6.45, 7) is 14.9. The summed E-state index contributed by atoms with van der Waals surface area (Å²) in [4.78, 5) is 5.29. The van der Waals surface area contributed by atoms with E-state index in [1.807, 2.05) is 0 Å². The van der Waals surface area contributed by atoms with Gasteiger partial charge in [0.2, 0.25) is 0 Å². The second-order valence-corrected chi connectivity index (χ2v) is 6.18. The topological polar surface area (TPSA) is 18.5 Å². The van der Waals surface area contributed by atoms with E-state index in [0.717, 1.165) is 11.8 Å². The summed E-state index contributed by atoms with van der Waals surface area (Å²) in [5.74, 6) is 1.76. The minimum Gasteiger partial charge on any atom is -0.316 e. The van der Waals surface area contributed by atoms with E-state index in [4.69, 9.17) is 0 Å². The number of nitrogens with zero attached hydrogens (tertiary/aromatic N) is 2. The molecule has 0 aromatic carbocycles. The molecule has 0 amide bonds. The van der Waals surface area contributed by atoms with Crippen molar-refractivity contribution in [3.8, 4) is 0 Å². The number of rotatable bonds is 5. The van der Waals surface area contributed by atoms with Gasteiger partial charge in [0.25, 0.3) is 0 Å². The Morgan fingerprint density at radius 1 is 1.12 bits per heavy atom. The molecule has 0 bridgehead atoms. The van der Waals surface area contributed by atoms with Gasteiger partial charge in [-0.15, -0.1) is 0 Å². The highest BCUT2D eigenvalue weighted by Crippen LogP contribution is 2.14. The van der Waals surface area contributed by atoms with Crippen molar-refractivity contribution in [2.45, 2.75) is 26.7 Å². The summed E-state index contributed by atoms with van der Waals surface area (Å²) in [5, 5.41) is 3.46. The molecule has 2 heterocycles. The molecule has 2 saturated heterocycles. The maximum atomic E-state index is 3.46. The van der Waals surface area contributed by atoms with E-state index >= 15 is 0 Å². The van der Waals surface area contributed by atoms with Gasteiger partial charge in [0, 0.05) is 32.7 Å². The molecule has 0 radical (unpaired) electrons. The van der Waals surface area contributed by atoms with E-state index in [1.165, 1.54) is 65.2 Å². The van der Waals surface area contributed by atoms with Crippen LogP contribution >= 0.6 is 0 Å². The van der Waals surface area contributed by atoms with Crippen LogP contribution in [0.2, 0.25) is 0 Å². The fraction of sp³-hybridized carbons (Fsp3) is 1.00. The first-order valence-corrected chi connectivity index (χ1v) is 7.39. The van der Waals surface area contributed by atoms with Crippen LogP contribution in [0.1, 0.15) is 26.7 Å². The minimum absolute atomic E-state index is 0.811. The highest BCUT2D eigenvalue weighted by molar-refractivity contribution is 4.76. The van der Waals surface area contributed by atoms with E-state index in [2.05, 4.69) is 29.0 Å². The molecule has 2 aliphatic heterocycles. The summed E-state index contributed by atoms with van der Waals surface area (Å²) in [6, 6.07) is 0. The summed E-state index contributed by atoms with van der Waals surface area (Å²) >= 11 is 0. The molecule has 3 heteroatoms. The quantitative estimate of drug-likeness (QED) is 0.779. The molecule has 2 fully saturated rings. The number of hydrogen-bond donors (Lipinski definition) is 1. The Labute approximate surface area is 107 Å². The number of piperazine rings is 1. The number of hydrogen-bond acceptors (Lipinski definition) is 3. The van der Waals surface area contributed by atoms with Crippen LogP contribution in [0.5, 0.6) is 0 Å². The third-order valence-corrected chi connectivity index (χ3v) is 4.10. The Hall–Kier alpha value is -0.120. The lowest BCUT2D eigenvalue weighted by molar-refractivity contribution is 0.118. The molecule has 3 nitrogen and oxygen atoms in total. The Morgan fingerprint density at radius 2 is 1.82 bits per heavy atom. The molecule has 1 atom stereocenters. The SMILES string of the molecule is CC(C)CN1CCN(CCC2CCNC2)CC1. The zero-order chi connectivity index (χ0) is 12.1. The Kier molecular flexibility index (Phi) is 5.26. The van der Waals surface area contributed by atoms with Gasteiger partial charge >= 0.3 is 0 Å². The monoisotopic (exact) mass is 239 g/mol. The third-order valence-electron chi connectivity index (χ3n) is 4.10. The van der Waals surface area contributed by atoms with E-state index in [0.29, 0.717) is 0 Å². The van der Waals surface area contributed by atoms with Crippen LogP contribution in [0.25, 0.3) is 0 Å². The summed E-state index contributed by atoms with van der Waals surface area (Å²) in [6.07, 6.45) is 2.80. The van der Waals surface area contributed by atoms with Gasteiger partial charge in [0.05, 0.1) is 0 Å².